The molecule has 0 spiro atoms. The third-order valence-electron chi connectivity index (χ3n) is 1.95. The standard InChI is InChI=1S/C8H10N4O/c9-6-1-5-3-12(13)4-11-8(5)2-7(6)10/h1-2,4,13H,3,9-10H2. The van der Waals surface area contributed by atoms with Crippen LogP contribution in [-0.4, -0.2) is 16.6 Å². The van der Waals surface area contributed by atoms with Gasteiger partial charge in [0.25, 0.3) is 0 Å². The summed E-state index contributed by atoms with van der Waals surface area (Å²) in [5.74, 6) is 0. The van der Waals surface area contributed by atoms with E-state index in [0.29, 0.717) is 17.9 Å². The van der Waals surface area contributed by atoms with Gasteiger partial charge >= 0.3 is 0 Å². The first kappa shape index (κ1) is 7.88. The molecule has 5 N–H and O–H groups in total. The van der Waals surface area contributed by atoms with Crippen LogP contribution >= 0.6 is 0 Å². The Kier molecular flexibility index (Phi) is 1.60. The molecule has 5 heteroatoms. The largest absolute Gasteiger partial charge is 0.397 e. The van der Waals surface area contributed by atoms with E-state index in [9.17, 15) is 0 Å². The van der Waals surface area contributed by atoms with Crippen molar-refractivity contribution in [2.24, 2.45) is 4.99 Å². The minimum absolute atomic E-state index is 0.392. The fourth-order valence-corrected chi connectivity index (χ4v) is 1.26. The van der Waals surface area contributed by atoms with Crippen LogP contribution in [0.25, 0.3) is 0 Å². The van der Waals surface area contributed by atoms with Gasteiger partial charge < -0.3 is 11.5 Å². The smallest absolute Gasteiger partial charge is 0.116 e. The fourth-order valence-electron chi connectivity index (χ4n) is 1.26. The zero-order chi connectivity index (χ0) is 9.42. The van der Waals surface area contributed by atoms with Crippen LogP contribution in [0.15, 0.2) is 17.1 Å². The molecule has 0 unspecified atom stereocenters. The molecule has 1 heterocycles. The molecule has 1 aromatic carbocycles. The van der Waals surface area contributed by atoms with Crippen molar-refractivity contribution < 1.29 is 5.21 Å². The Morgan fingerprint density at radius 2 is 2.00 bits per heavy atom. The lowest BCUT2D eigenvalue weighted by Crippen LogP contribution is -2.19. The van der Waals surface area contributed by atoms with E-state index in [2.05, 4.69) is 4.99 Å². The van der Waals surface area contributed by atoms with Crippen molar-refractivity contribution in [2.45, 2.75) is 6.54 Å². The number of anilines is 2. The molecule has 0 aliphatic carbocycles. The Morgan fingerprint density at radius 1 is 1.31 bits per heavy atom. The van der Waals surface area contributed by atoms with Gasteiger partial charge in [0, 0.05) is 5.56 Å². The van der Waals surface area contributed by atoms with E-state index in [0.717, 1.165) is 16.3 Å². The number of nitrogen functional groups attached to an aromatic ring is 2. The second-order valence-electron chi connectivity index (χ2n) is 2.95. The number of nitrogens with zero attached hydrogens (tertiary/aromatic N) is 2. The maximum Gasteiger partial charge on any atom is 0.116 e. The van der Waals surface area contributed by atoms with E-state index in [1.807, 2.05) is 0 Å². The summed E-state index contributed by atoms with van der Waals surface area (Å²) in [5, 5.41) is 10.1. The van der Waals surface area contributed by atoms with Gasteiger partial charge in [0.1, 0.15) is 6.34 Å². The van der Waals surface area contributed by atoms with Gasteiger partial charge in [0.2, 0.25) is 0 Å². The summed E-state index contributed by atoms with van der Waals surface area (Å²) >= 11 is 0. The summed E-state index contributed by atoms with van der Waals surface area (Å²) in [6.07, 6.45) is 1.35. The van der Waals surface area contributed by atoms with Crippen molar-refractivity contribution in [1.82, 2.24) is 5.06 Å². The Balaban J connectivity index is 2.52. The van der Waals surface area contributed by atoms with Gasteiger partial charge in [-0.05, 0) is 12.1 Å². The molecule has 1 aliphatic rings. The van der Waals surface area contributed by atoms with Gasteiger partial charge in [-0.2, -0.15) is 0 Å². The van der Waals surface area contributed by atoms with E-state index in [4.69, 9.17) is 16.7 Å². The zero-order valence-electron chi connectivity index (χ0n) is 6.94. The Morgan fingerprint density at radius 3 is 2.77 bits per heavy atom. The van der Waals surface area contributed by atoms with E-state index in [-0.39, 0.29) is 0 Å². The number of rotatable bonds is 0. The maximum absolute atomic E-state index is 9.13. The number of benzene rings is 1. The molecular weight excluding hydrogens is 168 g/mol. The fraction of sp³-hybridized carbons (Fsp3) is 0.125. The van der Waals surface area contributed by atoms with Crippen molar-refractivity contribution in [3.05, 3.63) is 17.7 Å². The highest BCUT2D eigenvalue weighted by atomic mass is 16.5. The van der Waals surface area contributed by atoms with Crippen LogP contribution in [0, 0.1) is 0 Å². The van der Waals surface area contributed by atoms with Crippen molar-refractivity contribution >= 4 is 23.4 Å². The molecule has 1 aromatic rings. The van der Waals surface area contributed by atoms with E-state index >= 15 is 0 Å². The van der Waals surface area contributed by atoms with Gasteiger partial charge in [-0.25, -0.2) is 10.1 Å². The average molecular weight is 178 g/mol. The Bertz CT molecular complexity index is 375. The maximum atomic E-state index is 9.13. The molecule has 0 atom stereocenters. The molecular formula is C8H10N4O. The third kappa shape index (κ3) is 1.29. The summed E-state index contributed by atoms with van der Waals surface area (Å²) in [5.41, 5.74) is 13.9. The molecule has 68 valence electrons. The topological polar surface area (TPSA) is 87.9 Å². The lowest BCUT2D eigenvalue weighted by molar-refractivity contribution is -0.0178. The van der Waals surface area contributed by atoms with Crippen LogP contribution in [0.4, 0.5) is 17.1 Å². The number of aliphatic imine (C=N–C) groups is 1. The first-order valence-electron chi connectivity index (χ1n) is 3.84. The monoisotopic (exact) mass is 178 g/mol. The number of hydrogen-bond acceptors (Lipinski definition) is 5. The van der Waals surface area contributed by atoms with E-state index < -0.39 is 0 Å². The lowest BCUT2D eigenvalue weighted by Gasteiger charge is -2.18. The zero-order valence-corrected chi connectivity index (χ0v) is 6.94. The first-order chi connectivity index (χ1) is 6.16. The molecule has 5 nitrogen and oxygen atoms in total. The minimum atomic E-state index is 0.392. The van der Waals surface area contributed by atoms with Gasteiger partial charge in [-0.15, -0.1) is 0 Å². The quantitative estimate of drug-likeness (QED) is 0.510. The highest BCUT2D eigenvalue weighted by molar-refractivity contribution is 5.75. The first-order valence-corrected chi connectivity index (χ1v) is 3.84. The Hall–Kier alpha value is -1.75. The predicted molar refractivity (Wildman–Crippen MR) is 50.7 cm³/mol. The second-order valence-corrected chi connectivity index (χ2v) is 2.95. The summed E-state index contributed by atoms with van der Waals surface area (Å²) in [7, 11) is 0. The Labute approximate surface area is 75.2 Å². The van der Waals surface area contributed by atoms with Crippen LogP contribution in [0.2, 0.25) is 0 Å². The summed E-state index contributed by atoms with van der Waals surface area (Å²) in [4.78, 5) is 3.99. The summed E-state index contributed by atoms with van der Waals surface area (Å²) < 4.78 is 0. The molecule has 0 saturated heterocycles. The normalized spacial score (nSPS) is 14.4. The molecule has 0 aromatic heterocycles. The number of hydroxylamine groups is 2. The van der Waals surface area contributed by atoms with Crippen LogP contribution in [0.1, 0.15) is 5.56 Å². The predicted octanol–water partition coefficient (Wildman–Crippen LogP) is 0.716. The van der Waals surface area contributed by atoms with Gasteiger partial charge in [0.05, 0.1) is 23.6 Å². The SMILES string of the molecule is Nc1cc2c(cc1N)N=CN(O)C2. The van der Waals surface area contributed by atoms with Crippen molar-refractivity contribution in [2.75, 3.05) is 11.5 Å². The summed E-state index contributed by atoms with van der Waals surface area (Å²) in [6, 6.07) is 3.43. The molecule has 2 rings (SSSR count). The van der Waals surface area contributed by atoms with Crippen LogP contribution in [0.3, 0.4) is 0 Å². The van der Waals surface area contributed by atoms with E-state index in [1.165, 1.54) is 6.34 Å². The minimum Gasteiger partial charge on any atom is -0.397 e. The van der Waals surface area contributed by atoms with Gasteiger partial charge in [-0.3, -0.25) is 5.21 Å². The molecule has 0 radical (unpaired) electrons. The molecule has 1 aliphatic heterocycles. The van der Waals surface area contributed by atoms with Crippen LogP contribution in [0.5, 0.6) is 0 Å². The van der Waals surface area contributed by atoms with Gasteiger partial charge in [0.15, 0.2) is 0 Å². The van der Waals surface area contributed by atoms with Crippen molar-refractivity contribution in [3.63, 3.8) is 0 Å². The lowest BCUT2D eigenvalue weighted by atomic mass is 10.1. The van der Waals surface area contributed by atoms with Crippen molar-refractivity contribution in [3.8, 4) is 0 Å². The molecule has 0 amide bonds. The molecule has 0 bridgehead atoms. The molecule has 13 heavy (non-hydrogen) atoms. The van der Waals surface area contributed by atoms with E-state index in [1.54, 1.807) is 12.1 Å². The van der Waals surface area contributed by atoms with Crippen LogP contribution in [-0.2, 0) is 6.54 Å². The highest BCUT2D eigenvalue weighted by Crippen LogP contribution is 2.29. The number of nitrogens with two attached hydrogens (primary N) is 2. The van der Waals surface area contributed by atoms with Crippen molar-refractivity contribution in [1.29, 1.82) is 0 Å². The average Bonchev–Trinajstić information content (AvgIpc) is 2.08. The third-order valence-corrected chi connectivity index (χ3v) is 1.95. The molecule has 0 saturated carbocycles. The van der Waals surface area contributed by atoms with Crippen LogP contribution < -0.4 is 11.5 Å². The number of hydrogen-bond donors (Lipinski definition) is 3. The van der Waals surface area contributed by atoms with Gasteiger partial charge in [-0.1, -0.05) is 0 Å². The molecule has 0 fully saturated rings. The summed E-state index contributed by atoms with van der Waals surface area (Å²) in [6.45, 7) is 0.392. The second kappa shape index (κ2) is 2.63. The highest BCUT2D eigenvalue weighted by Gasteiger charge is 2.11. The number of fused-ring (bicyclic) bond motifs is 1.